The zero-order valence-electron chi connectivity index (χ0n) is 13.4. The molecule has 0 bridgehead atoms. The Bertz CT molecular complexity index is 763. The first kappa shape index (κ1) is 19.3. The molecule has 0 spiro atoms. The molecule has 0 unspecified atom stereocenters. The first-order valence-corrected chi connectivity index (χ1v) is 10.6. The standard InChI is InChI=1S/C18H15P.CH3FO3S/c1-4-10-16(11-5-1)19(17-12-6-2-7-13-17)18-14-8-3-9-15-18;2-1-6(3,4)5/h1-15H;1H2,(H,3,4,5). The van der Waals surface area contributed by atoms with Crippen molar-refractivity contribution in [3.05, 3.63) is 91.0 Å². The second kappa shape index (κ2) is 9.42. The largest absolute Gasteiger partial charge is 0.746 e. The fraction of sp³-hybridized carbons (Fsp3) is 0.0526. The number of hydrogen-bond donors (Lipinski definition) is 0. The van der Waals surface area contributed by atoms with Gasteiger partial charge in [0.2, 0.25) is 0 Å². The van der Waals surface area contributed by atoms with E-state index < -0.39 is 24.0 Å². The van der Waals surface area contributed by atoms with Crippen molar-refractivity contribution in [3.8, 4) is 0 Å². The van der Waals surface area contributed by atoms with Crippen molar-refractivity contribution in [2.24, 2.45) is 0 Å². The Morgan fingerprint density at radius 1 is 0.680 bits per heavy atom. The SMILES string of the molecule is O=S(=O)([O-])CF.c1ccc([PH+](c2ccccc2)c2ccccc2)cc1. The summed E-state index contributed by atoms with van der Waals surface area (Å²) in [7, 11) is -5.46. The molecule has 6 heteroatoms. The average Bonchev–Trinajstić information content (AvgIpc) is 2.65. The number of hydrogen-bond acceptors (Lipinski definition) is 3. The van der Waals surface area contributed by atoms with E-state index in [1.54, 1.807) is 0 Å². The Morgan fingerprint density at radius 2 is 0.920 bits per heavy atom. The fourth-order valence-electron chi connectivity index (χ4n) is 2.31. The Hall–Kier alpha value is -2.07. The van der Waals surface area contributed by atoms with Crippen molar-refractivity contribution < 1.29 is 17.4 Å². The molecule has 0 N–H and O–H groups in total. The van der Waals surface area contributed by atoms with Crippen molar-refractivity contribution in [3.63, 3.8) is 0 Å². The highest BCUT2D eigenvalue weighted by atomic mass is 32.2. The molecule has 0 radical (unpaired) electrons. The van der Waals surface area contributed by atoms with E-state index in [0.29, 0.717) is 0 Å². The molecule has 3 rings (SSSR count). The van der Waals surface area contributed by atoms with E-state index in [4.69, 9.17) is 13.0 Å². The van der Waals surface area contributed by atoms with Gasteiger partial charge in [0.05, 0.1) is 7.92 Å². The van der Waals surface area contributed by atoms with Crippen LogP contribution in [0.3, 0.4) is 0 Å². The summed E-state index contributed by atoms with van der Waals surface area (Å²) in [6.07, 6.45) is 0. The van der Waals surface area contributed by atoms with Gasteiger partial charge in [-0.3, -0.25) is 0 Å². The molecule has 0 aliphatic rings. The molecule has 0 saturated heterocycles. The van der Waals surface area contributed by atoms with Gasteiger partial charge in [0.15, 0.2) is 6.01 Å². The van der Waals surface area contributed by atoms with E-state index in [1.807, 2.05) is 0 Å². The lowest BCUT2D eigenvalue weighted by atomic mass is 10.4. The van der Waals surface area contributed by atoms with Gasteiger partial charge in [0.25, 0.3) is 0 Å². The van der Waals surface area contributed by atoms with Crippen LogP contribution < -0.4 is 15.9 Å². The monoisotopic (exact) mass is 376 g/mol. The van der Waals surface area contributed by atoms with E-state index in [-0.39, 0.29) is 0 Å². The normalized spacial score (nSPS) is 10.8. The summed E-state index contributed by atoms with van der Waals surface area (Å²) in [5, 5.41) is 4.31. The quantitative estimate of drug-likeness (QED) is 0.520. The van der Waals surface area contributed by atoms with E-state index in [1.165, 1.54) is 15.9 Å². The van der Waals surface area contributed by atoms with Gasteiger partial charge in [-0.1, -0.05) is 54.6 Å². The summed E-state index contributed by atoms with van der Waals surface area (Å²) < 4.78 is 37.8. The summed E-state index contributed by atoms with van der Waals surface area (Å²) in [5.41, 5.74) is 0. The maximum atomic E-state index is 10.6. The Kier molecular flexibility index (Phi) is 7.26. The highest BCUT2D eigenvalue weighted by Crippen LogP contribution is 2.32. The molecule has 130 valence electrons. The molecule has 3 nitrogen and oxygen atoms in total. The van der Waals surface area contributed by atoms with Gasteiger partial charge in [-0.25, -0.2) is 12.8 Å². The van der Waals surface area contributed by atoms with Crippen molar-refractivity contribution >= 4 is 34.0 Å². The van der Waals surface area contributed by atoms with Gasteiger partial charge in [0.1, 0.15) is 26.0 Å². The molecule has 0 aliphatic carbocycles. The highest BCUT2D eigenvalue weighted by molar-refractivity contribution is 7.85. The van der Waals surface area contributed by atoms with E-state index >= 15 is 0 Å². The zero-order valence-corrected chi connectivity index (χ0v) is 15.2. The lowest BCUT2D eigenvalue weighted by molar-refractivity contribution is 0.431. The molecule has 0 aliphatic heterocycles. The summed E-state index contributed by atoms with van der Waals surface area (Å²) in [5.74, 6) is 0. The number of alkyl halides is 1. The van der Waals surface area contributed by atoms with Gasteiger partial charge in [-0.15, -0.1) is 0 Å². The number of benzene rings is 3. The van der Waals surface area contributed by atoms with Gasteiger partial charge >= 0.3 is 0 Å². The third-order valence-corrected chi connectivity index (χ3v) is 6.32. The summed E-state index contributed by atoms with van der Waals surface area (Å²) >= 11 is 0. The third kappa shape index (κ3) is 6.39. The summed E-state index contributed by atoms with van der Waals surface area (Å²) in [4.78, 5) is 0. The van der Waals surface area contributed by atoms with Crippen LogP contribution in [0.25, 0.3) is 0 Å². The smallest absolute Gasteiger partial charge is 0.179 e. The molecule has 0 aromatic heterocycles. The van der Waals surface area contributed by atoms with E-state index in [2.05, 4.69) is 91.0 Å². The van der Waals surface area contributed by atoms with Gasteiger partial charge in [-0.2, -0.15) is 0 Å². The third-order valence-electron chi connectivity index (χ3n) is 3.32. The second-order valence-corrected chi connectivity index (χ2v) is 8.96. The molecule has 3 aromatic rings. The molecule has 0 heterocycles. The lowest BCUT2D eigenvalue weighted by Gasteiger charge is -2.10. The van der Waals surface area contributed by atoms with Crippen LogP contribution in [0.1, 0.15) is 0 Å². The maximum absolute atomic E-state index is 10.6. The minimum Gasteiger partial charge on any atom is -0.746 e. The predicted molar refractivity (Wildman–Crippen MR) is 102 cm³/mol. The van der Waals surface area contributed by atoms with Crippen LogP contribution in [0.5, 0.6) is 0 Å². The number of halogens is 1. The Morgan fingerprint density at radius 3 is 1.12 bits per heavy atom. The van der Waals surface area contributed by atoms with Crippen molar-refractivity contribution in [1.82, 2.24) is 0 Å². The topological polar surface area (TPSA) is 57.2 Å². The fourth-order valence-corrected chi connectivity index (χ4v) is 4.89. The second-order valence-electron chi connectivity index (χ2n) is 5.14. The van der Waals surface area contributed by atoms with Crippen LogP contribution in [0, 0.1) is 0 Å². The van der Waals surface area contributed by atoms with Crippen molar-refractivity contribution in [1.29, 1.82) is 0 Å². The Labute approximate surface area is 148 Å². The molecule has 0 atom stereocenters. The summed E-state index contributed by atoms with van der Waals surface area (Å²) in [6, 6.07) is 30.7. The van der Waals surface area contributed by atoms with E-state index in [0.717, 1.165) is 0 Å². The zero-order chi connectivity index (χ0) is 18.1. The van der Waals surface area contributed by atoms with Crippen LogP contribution in [-0.4, -0.2) is 19.0 Å². The Balaban J connectivity index is 0.000000326. The average molecular weight is 376 g/mol. The van der Waals surface area contributed by atoms with Crippen LogP contribution in [0.15, 0.2) is 91.0 Å². The summed E-state index contributed by atoms with van der Waals surface area (Å²) in [6.45, 7) is 0. The molecular formula is C19H18FO3PS. The van der Waals surface area contributed by atoms with Crippen LogP contribution in [0.2, 0.25) is 0 Å². The van der Waals surface area contributed by atoms with Gasteiger partial charge in [-0.05, 0) is 36.4 Å². The van der Waals surface area contributed by atoms with E-state index in [9.17, 15) is 4.39 Å². The molecule has 0 amide bonds. The first-order chi connectivity index (χ1) is 12.0. The van der Waals surface area contributed by atoms with Crippen LogP contribution in [0.4, 0.5) is 4.39 Å². The number of rotatable bonds is 4. The lowest BCUT2D eigenvalue weighted by Crippen LogP contribution is -2.20. The minimum atomic E-state index is -4.58. The molecule has 0 saturated carbocycles. The van der Waals surface area contributed by atoms with Crippen molar-refractivity contribution in [2.45, 2.75) is 0 Å². The maximum Gasteiger partial charge on any atom is 0.179 e. The highest BCUT2D eigenvalue weighted by Gasteiger charge is 2.24. The van der Waals surface area contributed by atoms with Crippen LogP contribution >= 0.6 is 7.92 Å². The van der Waals surface area contributed by atoms with Crippen LogP contribution in [-0.2, 0) is 10.1 Å². The molecule has 25 heavy (non-hydrogen) atoms. The van der Waals surface area contributed by atoms with Gasteiger partial charge in [0, 0.05) is 0 Å². The van der Waals surface area contributed by atoms with Gasteiger partial charge < -0.3 is 4.55 Å². The predicted octanol–water partition coefficient (Wildman–Crippen LogP) is 2.64. The molecule has 3 aromatic carbocycles. The molecular weight excluding hydrogens is 358 g/mol. The van der Waals surface area contributed by atoms with Crippen molar-refractivity contribution in [2.75, 3.05) is 6.01 Å². The first-order valence-electron chi connectivity index (χ1n) is 7.54. The minimum absolute atomic E-state index is 0.877. The molecule has 0 fully saturated rings.